The molecule has 114 valence electrons. The number of carbonyl (C=O) groups is 1. The fourth-order valence-corrected chi connectivity index (χ4v) is 7.24. The molecule has 1 saturated carbocycles. The molecule has 0 heterocycles. The van der Waals surface area contributed by atoms with Crippen LogP contribution in [0.2, 0.25) is 18.1 Å². The fourth-order valence-electron chi connectivity index (χ4n) is 4.10. The van der Waals surface area contributed by atoms with E-state index in [1.165, 1.54) is 30.1 Å². The number of rotatable bonds is 5. The van der Waals surface area contributed by atoms with Gasteiger partial charge in [0.1, 0.15) is 0 Å². The molecule has 2 aliphatic carbocycles. The van der Waals surface area contributed by atoms with Gasteiger partial charge in [0.2, 0.25) is 0 Å². The van der Waals surface area contributed by atoms with E-state index in [-0.39, 0.29) is 5.60 Å². The molecule has 0 bridgehead atoms. The minimum absolute atomic E-state index is 0.0968. The summed E-state index contributed by atoms with van der Waals surface area (Å²) in [5, 5.41) is 0. The Balaban J connectivity index is 2.38. The first-order valence-electron chi connectivity index (χ1n) is 8.46. The van der Waals surface area contributed by atoms with Crippen molar-refractivity contribution in [2.24, 2.45) is 5.92 Å². The minimum Gasteiger partial charge on any atom is -0.407 e. The molecule has 0 aromatic rings. The Labute approximate surface area is 125 Å². The van der Waals surface area contributed by atoms with Crippen LogP contribution in [0.3, 0.4) is 0 Å². The van der Waals surface area contributed by atoms with Gasteiger partial charge in [-0.1, -0.05) is 27.7 Å². The molecule has 2 aliphatic rings. The third-order valence-electron chi connectivity index (χ3n) is 5.82. The monoisotopic (exact) mass is 294 g/mol. The van der Waals surface area contributed by atoms with Crippen molar-refractivity contribution in [1.82, 2.24) is 0 Å². The maximum Gasteiger partial charge on any atom is 0.193 e. The van der Waals surface area contributed by atoms with E-state index >= 15 is 0 Å². The maximum atomic E-state index is 12.0. The van der Waals surface area contributed by atoms with Gasteiger partial charge in [-0.05, 0) is 61.4 Å². The highest BCUT2D eigenvalue weighted by molar-refractivity contribution is 6.73. The Morgan fingerprint density at radius 3 is 2.50 bits per heavy atom. The van der Waals surface area contributed by atoms with Crippen LogP contribution in [-0.4, -0.2) is 19.7 Å². The van der Waals surface area contributed by atoms with E-state index < -0.39 is 8.32 Å². The summed E-state index contributed by atoms with van der Waals surface area (Å²) < 4.78 is 7.00. The van der Waals surface area contributed by atoms with Crippen molar-refractivity contribution >= 4 is 14.1 Å². The molecule has 0 N–H and O–H groups in total. The molecule has 0 saturated heterocycles. The SMILES string of the molecule is CC[Si](CC)(CC)O[C@@]12CCCC1=CC(=O)CC[C@@H]2C. The average molecular weight is 295 g/mol. The zero-order valence-corrected chi connectivity index (χ0v) is 14.6. The summed E-state index contributed by atoms with van der Waals surface area (Å²) in [7, 11) is -1.64. The first-order valence-corrected chi connectivity index (χ1v) is 11.0. The average Bonchev–Trinajstić information content (AvgIpc) is 2.81. The van der Waals surface area contributed by atoms with E-state index in [0.717, 1.165) is 19.3 Å². The molecule has 2 rings (SSSR count). The van der Waals surface area contributed by atoms with Crippen molar-refractivity contribution in [3.05, 3.63) is 11.6 Å². The first-order chi connectivity index (χ1) is 9.52. The van der Waals surface area contributed by atoms with Crippen molar-refractivity contribution in [1.29, 1.82) is 0 Å². The van der Waals surface area contributed by atoms with Crippen molar-refractivity contribution < 1.29 is 9.22 Å². The van der Waals surface area contributed by atoms with Crippen LogP contribution in [0.25, 0.3) is 0 Å². The number of hydrogen-bond acceptors (Lipinski definition) is 2. The molecular weight excluding hydrogens is 264 g/mol. The molecule has 0 radical (unpaired) electrons. The van der Waals surface area contributed by atoms with Gasteiger partial charge in [0.05, 0.1) is 5.60 Å². The Bertz CT molecular complexity index is 390. The van der Waals surface area contributed by atoms with Gasteiger partial charge in [0.15, 0.2) is 14.1 Å². The smallest absolute Gasteiger partial charge is 0.193 e. The molecule has 2 atom stereocenters. The van der Waals surface area contributed by atoms with E-state index in [0.29, 0.717) is 18.1 Å². The maximum absolute atomic E-state index is 12.0. The summed E-state index contributed by atoms with van der Waals surface area (Å²) >= 11 is 0. The van der Waals surface area contributed by atoms with Crippen molar-refractivity contribution in [3.8, 4) is 0 Å². The molecule has 0 unspecified atom stereocenters. The Kier molecular flexibility index (Phi) is 4.91. The van der Waals surface area contributed by atoms with Crippen LogP contribution in [0, 0.1) is 5.92 Å². The van der Waals surface area contributed by atoms with Crippen LogP contribution < -0.4 is 0 Å². The number of allylic oxidation sites excluding steroid dienone is 1. The minimum atomic E-state index is -1.64. The van der Waals surface area contributed by atoms with Crippen molar-refractivity contribution in [2.75, 3.05) is 0 Å². The zero-order chi connectivity index (χ0) is 14.8. The summed E-state index contributed by atoms with van der Waals surface area (Å²) in [6.45, 7) is 9.18. The van der Waals surface area contributed by atoms with E-state index in [1.807, 2.05) is 6.08 Å². The quantitative estimate of drug-likeness (QED) is 0.677. The predicted molar refractivity (Wildman–Crippen MR) is 86.4 cm³/mol. The van der Waals surface area contributed by atoms with E-state index in [9.17, 15) is 4.79 Å². The van der Waals surface area contributed by atoms with E-state index in [2.05, 4.69) is 27.7 Å². The highest BCUT2D eigenvalue weighted by Crippen LogP contribution is 2.49. The van der Waals surface area contributed by atoms with Gasteiger partial charge in [-0.25, -0.2) is 0 Å². The second kappa shape index (κ2) is 6.14. The number of hydrogen-bond donors (Lipinski definition) is 0. The summed E-state index contributed by atoms with van der Waals surface area (Å²) in [5.74, 6) is 0.801. The van der Waals surface area contributed by atoms with Crippen molar-refractivity contribution in [3.63, 3.8) is 0 Å². The molecule has 0 aromatic carbocycles. The molecule has 2 nitrogen and oxygen atoms in total. The van der Waals surface area contributed by atoms with E-state index in [4.69, 9.17) is 4.43 Å². The summed E-state index contributed by atoms with van der Waals surface area (Å²) in [5.41, 5.74) is 1.22. The highest BCUT2D eigenvalue weighted by Gasteiger charge is 2.49. The van der Waals surface area contributed by atoms with Gasteiger partial charge in [-0.15, -0.1) is 0 Å². The largest absolute Gasteiger partial charge is 0.407 e. The second-order valence-corrected chi connectivity index (χ2v) is 11.4. The molecule has 0 aliphatic heterocycles. The molecule has 1 fully saturated rings. The molecule has 3 heteroatoms. The lowest BCUT2D eigenvalue weighted by Gasteiger charge is -2.44. The normalized spacial score (nSPS) is 30.9. The Morgan fingerprint density at radius 1 is 1.25 bits per heavy atom. The molecule has 0 spiro atoms. The Morgan fingerprint density at radius 2 is 1.90 bits per heavy atom. The van der Waals surface area contributed by atoms with Gasteiger partial charge < -0.3 is 4.43 Å². The van der Waals surface area contributed by atoms with E-state index in [1.54, 1.807) is 0 Å². The topological polar surface area (TPSA) is 26.3 Å². The predicted octanol–water partition coefficient (Wildman–Crippen LogP) is 4.86. The van der Waals surface area contributed by atoms with Crippen LogP contribution in [0.5, 0.6) is 0 Å². The fraction of sp³-hybridized carbons (Fsp3) is 0.824. The van der Waals surface area contributed by atoms with Gasteiger partial charge in [0, 0.05) is 6.42 Å². The highest BCUT2D eigenvalue weighted by atomic mass is 28.4. The second-order valence-electron chi connectivity index (χ2n) is 6.66. The third-order valence-corrected chi connectivity index (χ3v) is 10.5. The summed E-state index contributed by atoms with van der Waals surface area (Å²) in [4.78, 5) is 12.0. The van der Waals surface area contributed by atoms with Gasteiger partial charge in [-0.3, -0.25) is 4.79 Å². The molecule has 0 amide bonds. The third kappa shape index (κ3) is 2.67. The standard InChI is InChI=1S/C17H30O2Si/c1-5-20(6-2,7-3)19-17-12-8-9-15(17)13-16(18)11-10-14(17)4/h13-14H,5-12H2,1-4H3/t14-,17+/m0/s1. The summed E-state index contributed by atoms with van der Waals surface area (Å²) in [6.07, 6.45) is 7.01. The summed E-state index contributed by atoms with van der Waals surface area (Å²) in [6, 6.07) is 3.57. The lowest BCUT2D eigenvalue weighted by Crippen LogP contribution is -2.50. The first kappa shape index (κ1) is 16.0. The van der Waals surface area contributed by atoms with Crippen LogP contribution in [0.15, 0.2) is 11.6 Å². The van der Waals surface area contributed by atoms with Crippen LogP contribution in [-0.2, 0) is 9.22 Å². The Hall–Kier alpha value is -0.413. The van der Waals surface area contributed by atoms with Crippen LogP contribution in [0.4, 0.5) is 0 Å². The lowest BCUT2D eigenvalue weighted by atomic mass is 9.83. The van der Waals surface area contributed by atoms with Gasteiger partial charge in [-0.2, -0.15) is 0 Å². The number of carbonyl (C=O) groups excluding carboxylic acids is 1. The van der Waals surface area contributed by atoms with Crippen LogP contribution in [0.1, 0.15) is 59.8 Å². The number of ketones is 1. The van der Waals surface area contributed by atoms with Crippen LogP contribution >= 0.6 is 0 Å². The zero-order valence-electron chi connectivity index (χ0n) is 13.6. The lowest BCUT2D eigenvalue weighted by molar-refractivity contribution is -0.114. The number of fused-ring (bicyclic) bond motifs is 1. The molecule has 0 aromatic heterocycles. The van der Waals surface area contributed by atoms with Gasteiger partial charge >= 0.3 is 0 Å². The molecule has 20 heavy (non-hydrogen) atoms. The van der Waals surface area contributed by atoms with Crippen molar-refractivity contribution in [2.45, 2.75) is 83.5 Å². The molecular formula is C17H30O2Si. The van der Waals surface area contributed by atoms with Gasteiger partial charge in [0.25, 0.3) is 0 Å².